The quantitative estimate of drug-likeness (QED) is 0.756. The van der Waals surface area contributed by atoms with Crippen LogP contribution in [0, 0.1) is 5.92 Å². The second kappa shape index (κ2) is 10.8. The first kappa shape index (κ1) is 22.8. The molecule has 0 aromatic heterocycles. The van der Waals surface area contributed by atoms with Gasteiger partial charge in [-0.15, -0.1) is 24.8 Å². The zero-order valence-electron chi connectivity index (χ0n) is 15.1. The second-order valence-corrected chi connectivity index (χ2v) is 6.61. The SMILES string of the molecule is COc1cccc(N2CCC(CNC(=O)[C@@H]3CC[C@H](CN)O3)C2)c1.Cl.Cl. The monoisotopic (exact) mass is 405 g/mol. The zero-order valence-corrected chi connectivity index (χ0v) is 16.7. The van der Waals surface area contributed by atoms with Gasteiger partial charge in [0.15, 0.2) is 0 Å². The Balaban J connectivity index is 0.00000169. The third-order valence-corrected chi connectivity index (χ3v) is 4.93. The molecule has 2 aliphatic heterocycles. The molecule has 0 aliphatic carbocycles. The van der Waals surface area contributed by atoms with Gasteiger partial charge in [-0.1, -0.05) is 6.07 Å². The molecular formula is C18H29Cl2N3O3. The average molecular weight is 406 g/mol. The Labute approximate surface area is 167 Å². The number of methoxy groups -OCH3 is 1. The maximum absolute atomic E-state index is 12.2. The number of hydrogen-bond donors (Lipinski definition) is 2. The van der Waals surface area contributed by atoms with Crippen LogP contribution in [0.25, 0.3) is 0 Å². The molecule has 3 N–H and O–H groups in total. The van der Waals surface area contributed by atoms with Crippen LogP contribution in [-0.4, -0.2) is 51.4 Å². The topological polar surface area (TPSA) is 76.8 Å². The molecule has 1 unspecified atom stereocenters. The molecule has 1 aromatic rings. The first-order chi connectivity index (χ1) is 11.7. The van der Waals surface area contributed by atoms with Crippen molar-refractivity contribution in [3.05, 3.63) is 24.3 Å². The Kier molecular flexibility index (Phi) is 9.50. The highest BCUT2D eigenvalue weighted by Crippen LogP contribution is 2.26. The van der Waals surface area contributed by atoms with Crippen molar-refractivity contribution in [2.24, 2.45) is 11.7 Å². The number of amides is 1. The summed E-state index contributed by atoms with van der Waals surface area (Å²) in [4.78, 5) is 14.5. The van der Waals surface area contributed by atoms with Gasteiger partial charge in [-0.3, -0.25) is 4.79 Å². The summed E-state index contributed by atoms with van der Waals surface area (Å²) in [5.74, 6) is 1.34. The fourth-order valence-corrected chi connectivity index (χ4v) is 3.47. The molecule has 0 spiro atoms. The summed E-state index contributed by atoms with van der Waals surface area (Å²) in [6.07, 6.45) is 2.44. The number of benzene rings is 1. The van der Waals surface area contributed by atoms with E-state index < -0.39 is 0 Å². The third kappa shape index (κ3) is 5.64. The van der Waals surface area contributed by atoms with E-state index in [1.165, 1.54) is 5.69 Å². The van der Waals surface area contributed by atoms with Crippen LogP contribution in [0.4, 0.5) is 5.69 Å². The van der Waals surface area contributed by atoms with E-state index in [-0.39, 0.29) is 42.9 Å². The summed E-state index contributed by atoms with van der Waals surface area (Å²) in [5.41, 5.74) is 6.76. The minimum Gasteiger partial charge on any atom is -0.497 e. The van der Waals surface area contributed by atoms with Crippen LogP contribution < -0.4 is 20.7 Å². The molecule has 148 valence electrons. The van der Waals surface area contributed by atoms with E-state index in [2.05, 4.69) is 22.3 Å². The van der Waals surface area contributed by atoms with Crippen molar-refractivity contribution in [1.82, 2.24) is 5.32 Å². The van der Waals surface area contributed by atoms with Crippen LogP contribution in [0.1, 0.15) is 19.3 Å². The highest BCUT2D eigenvalue weighted by atomic mass is 35.5. The van der Waals surface area contributed by atoms with Gasteiger partial charge in [0, 0.05) is 37.9 Å². The van der Waals surface area contributed by atoms with E-state index in [9.17, 15) is 4.79 Å². The number of halogens is 2. The number of hydrogen-bond acceptors (Lipinski definition) is 5. The molecule has 6 nitrogen and oxygen atoms in total. The van der Waals surface area contributed by atoms with E-state index in [0.717, 1.165) is 38.1 Å². The van der Waals surface area contributed by atoms with Gasteiger partial charge in [-0.25, -0.2) is 0 Å². The summed E-state index contributed by atoms with van der Waals surface area (Å²) >= 11 is 0. The Hall–Kier alpha value is -1.21. The molecule has 2 heterocycles. The van der Waals surface area contributed by atoms with Gasteiger partial charge in [0.1, 0.15) is 11.9 Å². The molecular weight excluding hydrogens is 377 g/mol. The third-order valence-electron chi connectivity index (χ3n) is 4.93. The number of carbonyl (C=O) groups is 1. The van der Waals surface area contributed by atoms with Crippen LogP contribution >= 0.6 is 24.8 Å². The van der Waals surface area contributed by atoms with Crippen LogP contribution in [0.15, 0.2) is 24.3 Å². The number of nitrogens with two attached hydrogens (primary N) is 1. The molecule has 1 aromatic carbocycles. The van der Waals surface area contributed by atoms with Crippen molar-refractivity contribution in [3.8, 4) is 5.75 Å². The van der Waals surface area contributed by atoms with Crippen molar-refractivity contribution >= 4 is 36.4 Å². The molecule has 0 saturated carbocycles. The Morgan fingerprint density at radius 2 is 2.15 bits per heavy atom. The molecule has 2 aliphatic rings. The van der Waals surface area contributed by atoms with Gasteiger partial charge in [0.05, 0.1) is 13.2 Å². The van der Waals surface area contributed by atoms with Crippen molar-refractivity contribution in [1.29, 1.82) is 0 Å². The van der Waals surface area contributed by atoms with Gasteiger partial charge in [0.2, 0.25) is 5.91 Å². The second-order valence-electron chi connectivity index (χ2n) is 6.61. The summed E-state index contributed by atoms with van der Waals surface area (Å²) < 4.78 is 10.9. The molecule has 3 atom stereocenters. The number of ether oxygens (including phenoxy) is 2. The van der Waals surface area contributed by atoms with Crippen LogP contribution in [0.2, 0.25) is 0 Å². The molecule has 0 bridgehead atoms. The lowest BCUT2D eigenvalue weighted by Gasteiger charge is -2.20. The summed E-state index contributed by atoms with van der Waals surface area (Å²) in [6.45, 7) is 3.14. The molecule has 8 heteroatoms. The first-order valence-electron chi connectivity index (χ1n) is 8.72. The summed E-state index contributed by atoms with van der Waals surface area (Å²) in [7, 11) is 1.68. The molecule has 3 rings (SSSR count). The minimum absolute atomic E-state index is 0. The number of nitrogens with one attached hydrogen (secondary N) is 1. The molecule has 0 radical (unpaired) electrons. The fraction of sp³-hybridized carbons (Fsp3) is 0.611. The lowest BCUT2D eigenvalue weighted by atomic mass is 10.1. The standard InChI is InChI=1S/C18H27N3O3.2ClH/c1-23-15-4-2-3-14(9-15)21-8-7-13(12-21)11-20-18(22)17-6-5-16(10-19)24-17;;/h2-4,9,13,16-17H,5-8,10-12,19H2,1H3,(H,20,22);2*1H/t13?,16-,17+;;/m1../s1. The smallest absolute Gasteiger partial charge is 0.249 e. The number of anilines is 1. The summed E-state index contributed by atoms with van der Waals surface area (Å²) in [6, 6.07) is 8.12. The fourth-order valence-electron chi connectivity index (χ4n) is 3.47. The Morgan fingerprint density at radius 3 is 2.85 bits per heavy atom. The predicted octanol–water partition coefficient (Wildman–Crippen LogP) is 1.99. The van der Waals surface area contributed by atoms with Crippen molar-refractivity contribution in [2.75, 3.05) is 38.2 Å². The van der Waals surface area contributed by atoms with Crippen molar-refractivity contribution < 1.29 is 14.3 Å². The van der Waals surface area contributed by atoms with E-state index in [0.29, 0.717) is 19.0 Å². The number of rotatable bonds is 6. The lowest BCUT2D eigenvalue weighted by Crippen LogP contribution is -2.38. The van der Waals surface area contributed by atoms with Crippen LogP contribution in [-0.2, 0) is 9.53 Å². The van der Waals surface area contributed by atoms with E-state index in [1.807, 2.05) is 12.1 Å². The lowest BCUT2D eigenvalue weighted by molar-refractivity contribution is -0.132. The van der Waals surface area contributed by atoms with E-state index in [4.69, 9.17) is 15.2 Å². The number of nitrogens with zero attached hydrogens (tertiary/aromatic N) is 1. The van der Waals surface area contributed by atoms with Crippen molar-refractivity contribution in [2.45, 2.75) is 31.5 Å². The largest absolute Gasteiger partial charge is 0.497 e. The zero-order chi connectivity index (χ0) is 16.9. The van der Waals surface area contributed by atoms with Crippen LogP contribution in [0.3, 0.4) is 0 Å². The molecule has 2 fully saturated rings. The minimum atomic E-state index is -0.325. The highest BCUT2D eigenvalue weighted by Gasteiger charge is 2.30. The Morgan fingerprint density at radius 1 is 1.35 bits per heavy atom. The predicted molar refractivity (Wildman–Crippen MR) is 108 cm³/mol. The average Bonchev–Trinajstić information content (AvgIpc) is 3.29. The van der Waals surface area contributed by atoms with Gasteiger partial charge in [0.25, 0.3) is 0 Å². The van der Waals surface area contributed by atoms with Gasteiger partial charge >= 0.3 is 0 Å². The summed E-state index contributed by atoms with van der Waals surface area (Å²) in [5, 5.41) is 3.05. The normalized spacial score (nSPS) is 24.5. The number of carbonyl (C=O) groups excluding carboxylic acids is 1. The van der Waals surface area contributed by atoms with Gasteiger partial charge in [-0.2, -0.15) is 0 Å². The maximum Gasteiger partial charge on any atom is 0.249 e. The van der Waals surface area contributed by atoms with Crippen molar-refractivity contribution in [3.63, 3.8) is 0 Å². The van der Waals surface area contributed by atoms with Gasteiger partial charge in [-0.05, 0) is 37.3 Å². The van der Waals surface area contributed by atoms with Gasteiger partial charge < -0.3 is 25.4 Å². The van der Waals surface area contributed by atoms with E-state index >= 15 is 0 Å². The first-order valence-corrected chi connectivity index (χ1v) is 8.72. The molecule has 1 amide bonds. The highest BCUT2D eigenvalue weighted by molar-refractivity contribution is 5.85. The maximum atomic E-state index is 12.2. The van der Waals surface area contributed by atoms with E-state index in [1.54, 1.807) is 7.11 Å². The Bertz CT molecular complexity index is 576. The molecule has 26 heavy (non-hydrogen) atoms. The molecule has 2 saturated heterocycles. The van der Waals surface area contributed by atoms with Crippen LogP contribution in [0.5, 0.6) is 5.75 Å².